The van der Waals surface area contributed by atoms with Crippen molar-refractivity contribution in [1.29, 1.82) is 0 Å². The fourth-order valence-corrected chi connectivity index (χ4v) is 5.07. The quantitative estimate of drug-likeness (QED) is 0.652. The lowest BCUT2D eigenvalue weighted by Crippen LogP contribution is -2.36. The maximum atomic E-state index is 12.6. The van der Waals surface area contributed by atoms with Gasteiger partial charge in [0, 0.05) is 42.7 Å². The molecular formula is C25H30N4O2. The Bertz CT molecular complexity index is 1040. The normalized spacial score (nSPS) is 20.7. The zero-order chi connectivity index (χ0) is 21.0. The summed E-state index contributed by atoms with van der Waals surface area (Å²) in [6.07, 6.45) is 9.87. The number of fused-ring (bicyclic) bond motifs is 1. The number of hydrogen-bond donors (Lipinski definition) is 1. The predicted octanol–water partition coefficient (Wildman–Crippen LogP) is 4.66. The number of benzene rings is 1. The van der Waals surface area contributed by atoms with E-state index in [1.165, 1.54) is 30.2 Å². The molecule has 6 nitrogen and oxygen atoms in total. The second-order valence-corrected chi connectivity index (χ2v) is 8.99. The molecule has 0 bridgehead atoms. The fraction of sp³-hybridized carbons (Fsp3) is 0.480. The van der Waals surface area contributed by atoms with Gasteiger partial charge in [-0.25, -0.2) is 0 Å². The molecule has 0 spiro atoms. The average molecular weight is 419 g/mol. The zero-order valence-corrected chi connectivity index (χ0v) is 17.9. The first-order valence-electron chi connectivity index (χ1n) is 11.6. The van der Waals surface area contributed by atoms with E-state index in [9.17, 15) is 4.79 Å². The van der Waals surface area contributed by atoms with Gasteiger partial charge in [0.15, 0.2) is 0 Å². The highest BCUT2D eigenvalue weighted by Gasteiger charge is 2.26. The molecule has 1 aliphatic heterocycles. The molecule has 31 heavy (non-hydrogen) atoms. The molecule has 6 heteroatoms. The second-order valence-electron chi connectivity index (χ2n) is 8.99. The van der Waals surface area contributed by atoms with Crippen LogP contribution in [0.5, 0.6) is 0 Å². The first kappa shape index (κ1) is 20.2. The number of pyridine rings is 1. The van der Waals surface area contributed by atoms with E-state index in [0.29, 0.717) is 11.7 Å². The van der Waals surface area contributed by atoms with Crippen molar-refractivity contribution >= 4 is 16.8 Å². The molecule has 2 aromatic heterocycles. The van der Waals surface area contributed by atoms with Gasteiger partial charge in [-0.1, -0.05) is 42.6 Å². The molecule has 2 aliphatic rings. The van der Waals surface area contributed by atoms with Crippen LogP contribution in [0.25, 0.3) is 10.9 Å². The highest BCUT2D eigenvalue weighted by atomic mass is 16.5. The van der Waals surface area contributed by atoms with E-state index in [4.69, 9.17) is 4.52 Å². The smallest absolute Gasteiger partial charge is 0.290 e. The minimum Gasteiger partial charge on any atom is -0.351 e. The van der Waals surface area contributed by atoms with Crippen molar-refractivity contribution in [2.45, 2.75) is 63.5 Å². The van der Waals surface area contributed by atoms with Crippen molar-refractivity contribution in [3.05, 3.63) is 59.6 Å². The Balaban J connectivity index is 1.24. The van der Waals surface area contributed by atoms with Crippen molar-refractivity contribution in [3.63, 3.8) is 0 Å². The topological polar surface area (TPSA) is 71.3 Å². The van der Waals surface area contributed by atoms with Crippen molar-refractivity contribution in [2.75, 3.05) is 13.1 Å². The molecule has 1 saturated carbocycles. The van der Waals surface area contributed by atoms with Crippen LogP contribution in [0, 0.1) is 0 Å². The number of carbonyl (C=O) groups is 1. The summed E-state index contributed by atoms with van der Waals surface area (Å²) in [6, 6.07) is 12.6. The number of amides is 1. The molecule has 1 aromatic carbocycles. The molecule has 5 rings (SSSR count). The van der Waals surface area contributed by atoms with Crippen LogP contribution < -0.4 is 5.32 Å². The Morgan fingerprint density at radius 2 is 1.97 bits per heavy atom. The number of nitrogens with zero attached hydrogens (tertiary/aromatic N) is 3. The van der Waals surface area contributed by atoms with E-state index in [0.717, 1.165) is 56.5 Å². The number of aromatic nitrogens is 2. The third-order valence-electron chi connectivity index (χ3n) is 6.75. The molecule has 162 valence electrons. The van der Waals surface area contributed by atoms with Gasteiger partial charge < -0.3 is 9.84 Å². The van der Waals surface area contributed by atoms with E-state index < -0.39 is 0 Å². The van der Waals surface area contributed by atoms with Gasteiger partial charge in [-0.05, 0) is 49.9 Å². The van der Waals surface area contributed by atoms with Gasteiger partial charge in [-0.2, -0.15) is 0 Å². The fourth-order valence-electron chi connectivity index (χ4n) is 5.07. The molecule has 1 aliphatic carbocycles. The molecule has 3 heterocycles. The molecule has 0 radical (unpaired) electrons. The lowest BCUT2D eigenvalue weighted by molar-refractivity contribution is 0.0890. The molecular weight excluding hydrogens is 388 g/mol. The second kappa shape index (κ2) is 9.18. The standard InChI is InChI=1S/C25H30N4O2/c30-25(27-20-8-2-1-3-9-20)24-15-23(28-31-24)19-7-6-14-29(17-19)16-18-12-13-26-22-11-5-4-10-21(18)22/h4-5,10-13,15,19-20H,1-3,6-9,14,16-17H2,(H,27,30). The first-order valence-corrected chi connectivity index (χ1v) is 11.6. The summed E-state index contributed by atoms with van der Waals surface area (Å²) in [5, 5.41) is 8.61. The summed E-state index contributed by atoms with van der Waals surface area (Å²) >= 11 is 0. The molecule has 1 N–H and O–H groups in total. The number of rotatable bonds is 5. The maximum absolute atomic E-state index is 12.6. The third-order valence-corrected chi connectivity index (χ3v) is 6.75. The van der Waals surface area contributed by atoms with Crippen LogP contribution in [0.2, 0.25) is 0 Å². The summed E-state index contributed by atoms with van der Waals surface area (Å²) in [4.78, 5) is 19.5. The van der Waals surface area contributed by atoms with Gasteiger partial charge in [0.1, 0.15) is 0 Å². The van der Waals surface area contributed by atoms with E-state index in [1.807, 2.05) is 18.3 Å². The summed E-state index contributed by atoms with van der Waals surface area (Å²) in [5.41, 5.74) is 3.25. The highest BCUT2D eigenvalue weighted by Crippen LogP contribution is 2.29. The highest BCUT2D eigenvalue weighted by molar-refractivity contribution is 5.91. The van der Waals surface area contributed by atoms with E-state index in [2.05, 4.69) is 44.6 Å². The minimum atomic E-state index is -0.124. The predicted molar refractivity (Wildman–Crippen MR) is 120 cm³/mol. The summed E-state index contributed by atoms with van der Waals surface area (Å²) in [7, 11) is 0. The van der Waals surface area contributed by atoms with Crippen molar-refractivity contribution in [1.82, 2.24) is 20.4 Å². The lowest BCUT2D eigenvalue weighted by Gasteiger charge is -2.32. The maximum Gasteiger partial charge on any atom is 0.290 e. The largest absolute Gasteiger partial charge is 0.351 e. The van der Waals surface area contributed by atoms with Crippen LogP contribution in [-0.4, -0.2) is 40.1 Å². The van der Waals surface area contributed by atoms with E-state index in [-0.39, 0.29) is 11.9 Å². The lowest BCUT2D eigenvalue weighted by atomic mass is 9.94. The molecule has 1 unspecified atom stereocenters. The molecule has 1 atom stereocenters. The SMILES string of the molecule is O=C(NC1CCCCC1)c1cc(C2CCCN(Cc3ccnc4ccccc34)C2)no1. The summed E-state index contributed by atoms with van der Waals surface area (Å²) in [5.74, 6) is 0.515. The first-order chi connectivity index (χ1) is 15.3. The monoisotopic (exact) mass is 418 g/mol. The van der Waals surface area contributed by atoms with Crippen molar-refractivity contribution in [2.24, 2.45) is 0 Å². The van der Waals surface area contributed by atoms with Gasteiger partial charge in [-0.3, -0.25) is 14.7 Å². The van der Waals surface area contributed by atoms with Crippen LogP contribution in [-0.2, 0) is 6.54 Å². The molecule has 1 amide bonds. The Hall–Kier alpha value is -2.73. The summed E-state index contributed by atoms with van der Waals surface area (Å²) < 4.78 is 5.44. The Kier molecular flexibility index (Phi) is 5.98. The van der Waals surface area contributed by atoms with Crippen molar-refractivity contribution < 1.29 is 9.32 Å². The van der Waals surface area contributed by atoms with Crippen LogP contribution >= 0.6 is 0 Å². The van der Waals surface area contributed by atoms with Gasteiger partial charge >= 0.3 is 0 Å². The average Bonchev–Trinajstić information content (AvgIpc) is 3.31. The van der Waals surface area contributed by atoms with Gasteiger partial charge in [0.2, 0.25) is 5.76 Å². The molecule has 1 saturated heterocycles. The van der Waals surface area contributed by atoms with Gasteiger partial charge in [0.05, 0.1) is 11.2 Å². The minimum absolute atomic E-state index is 0.124. The van der Waals surface area contributed by atoms with E-state index in [1.54, 1.807) is 0 Å². The molecule has 2 fully saturated rings. The zero-order valence-electron chi connectivity index (χ0n) is 17.9. The number of piperidine rings is 1. The number of hydrogen-bond acceptors (Lipinski definition) is 5. The van der Waals surface area contributed by atoms with Gasteiger partial charge in [0.25, 0.3) is 5.91 Å². The summed E-state index contributed by atoms with van der Waals surface area (Å²) in [6.45, 7) is 2.89. The Morgan fingerprint density at radius 1 is 1.10 bits per heavy atom. The Labute approximate surface area is 183 Å². The van der Waals surface area contributed by atoms with Crippen LogP contribution in [0.1, 0.15) is 72.7 Å². The number of likely N-dealkylation sites (tertiary alicyclic amines) is 1. The van der Waals surface area contributed by atoms with Gasteiger partial charge in [-0.15, -0.1) is 0 Å². The van der Waals surface area contributed by atoms with Crippen molar-refractivity contribution in [3.8, 4) is 0 Å². The van der Waals surface area contributed by atoms with Crippen LogP contribution in [0.3, 0.4) is 0 Å². The van der Waals surface area contributed by atoms with Crippen LogP contribution in [0.4, 0.5) is 0 Å². The van der Waals surface area contributed by atoms with E-state index >= 15 is 0 Å². The van der Waals surface area contributed by atoms with Crippen LogP contribution in [0.15, 0.2) is 47.1 Å². The number of nitrogens with one attached hydrogen (secondary N) is 1. The number of para-hydroxylation sites is 1. The molecule has 3 aromatic rings. The Morgan fingerprint density at radius 3 is 2.87 bits per heavy atom. The third kappa shape index (κ3) is 4.64. The number of carbonyl (C=O) groups excluding carboxylic acids is 1.